The fourth-order valence-corrected chi connectivity index (χ4v) is 2.30. The molecule has 1 amide bonds. The van der Waals surface area contributed by atoms with Gasteiger partial charge in [-0.2, -0.15) is 0 Å². The van der Waals surface area contributed by atoms with Crippen molar-refractivity contribution in [1.29, 1.82) is 0 Å². The van der Waals surface area contributed by atoms with Crippen molar-refractivity contribution in [3.05, 3.63) is 35.9 Å². The first-order valence-electron chi connectivity index (χ1n) is 7.97. The van der Waals surface area contributed by atoms with Crippen molar-refractivity contribution in [1.82, 2.24) is 10.2 Å². The number of nitrogens with zero attached hydrogens (tertiary/aromatic N) is 1. The number of hydrogen-bond acceptors (Lipinski definition) is 3. The Balaban J connectivity index is 2.15. The predicted octanol–water partition coefficient (Wildman–Crippen LogP) is 1.79. The van der Waals surface area contributed by atoms with Crippen LogP contribution in [0, 0.1) is 0 Å². The maximum absolute atomic E-state index is 11.9. The van der Waals surface area contributed by atoms with E-state index in [1.165, 1.54) is 0 Å². The summed E-state index contributed by atoms with van der Waals surface area (Å²) in [6.07, 6.45) is 2.70. The highest BCUT2D eigenvalue weighted by Gasteiger charge is 2.13. The molecule has 1 aromatic rings. The van der Waals surface area contributed by atoms with Crippen molar-refractivity contribution < 1.29 is 4.79 Å². The normalized spacial score (nSPS) is 12.4. The van der Waals surface area contributed by atoms with Crippen LogP contribution in [0.25, 0.3) is 0 Å². The van der Waals surface area contributed by atoms with Gasteiger partial charge in [0.15, 0.2) is 0 Å². The molecule has 0 saturated heterocycles. The minimum atomic E-state index is -0.463. The standard InChI is InChI=1S/C17H29N3O/c1-3-20(4-2)13-9-8-12-19-17(21)16(18)14-15-10-6-5-7-11-15/h5-7,10-11,16H,3-4,8-9,12-14,18H2,1-2H3,(H,19,21). The summed E-state index contributed by atoms with van der Waals surface area (Å²) >= 11 is 0. The minimum Gasteiger partial charge on any atom is -0.355 e. The van der Waals surface area contributed by atoms with E-state index in [0.717, 1.165) is 38.0 Å². The molecule has 4 nitrogen and oxygen atoms in total. The number of unbranched alkanes of at least 4 members (excludes halogenated alkanes) is 1. The van der Waals surface area contributed by atoms with Crippen LogP contribution in [0.1, 0.15) is 32.3 Å². The Bertz CT molecular complexity index is 390. The lowest BCUT2D eigenvalue weighted by molar-refractivity contribution is -0.122. The molecule has 4 heteroatoms. The molecular formula is C17H29N3O. The molecule has 0 fully saturated rings. The van der Waals surface area contributed by atoms with Crippen LogP contribution in [0.3, 0.4) is 0 Å². The third-order valence-electron chi connectivity index (χ3n) is 3.73. The first kappa shape index (κ1) is 17.7. The molecule has 0 radical (unpaired) electrons. The predicted molar refractivity (Wildman–Crippen MR) is 88.2 cm³/mol. The summed E-state index contributed by atoms with van der Waals surface area (Å²) in [6, 6.07) is 9.43. The molecule has 0 aliphatic rings. The zero-order valence-corrected chi connectivity index (χ0v) is 13.3. The monoisotopic (exact) mass is 291 g/mol. The van der Waals surface area contributed by atoms with Crippen molar-refractivity contribution >= 4 is 5.91 Å². The van der Waals surface area contributed by atoms with E-state index in [0.29, 0.717) is 13.0 Å². The molecule has 1 rings (SSSR count). The molecule has 0 bridgehead atoms. The molecule has 0 heterocycles. The van der Waals surface area contributed by atoms with E-state index < -0.39 is 6.04 Å². The molecule has 1 unspecified atom stereocenters. The van der Waals surface area contributed by atoms with Gasteiger partial charge < -0.3 is 16.0 Å². The van der Waals surface area contributed by atoms with Crippen LogP contribution in [0.4, 0.5) is 0 Å². The first-order chi connectivity index (χ1) is 10.2. The van der Waals surface area contributed by atoms with E-state index in [2.05, 4.69) is 24.1 Å². The smallest absolute Gasteiger partial charge is 0.237 e. The van der Waals surface area contributed by atoms with Gasteiger partial charge in [0.2, 0.25) is 5.91 Å². The number of carbonyl (C=O) groups is 1. The second kappa shape index (κ2) is 10.4. The average molecular weight is 291 g/mol. The lowest BCUT2D eigenvalue weighted by Gasteiger charge is -2.17. The Morgan fingerprint density at radius 3 is 2.48 bits per heavy atom. The molecule has 1 aromatic carbocycles. The maximum atomic E-state index is 11.9. The topological polar surface area (TPSA) is 58.4 Å². The van der Waals surface area contributed by atoms with E-state index in [1.54, 1.807) is 0 Å². The SMILES string of the molecule is CCN(CC)CCCCNC(=O)C(N)Cc1ccccc1. The number of carbonyl (C=O) groups excluding carboxylic acids is 1. The van der Waals surface area contributed by atoms with E-state index in [9.17, 15) is 4.79 Å². The summed E-state index contributed by atoms with van der Waals surface area (Å²) in [5.41, 5.74) is 7.03. The second-order valence-corrected chi connectivity index (χ2v) is 5.32. The van der Waals surface area contributed by atoms with Gasteiger partial charge in [-0.3, -0.25) is 4.79 Å². The van der Waals surface area contributed by atoms with Gasteiger partial charge in [0, 0.05) is 6.54 Å². The highest BCUT2D eigenvalue weighted by molar-refractivity contribution is 5.81. The van der Waals surface area contributed by atoms with Gasteiger partial charge in [-0.05, 0) is 44.5 Å². The van der Waals surface area contributed by atoms with Crippen LogP contribution in [0.5, 0.6) is 0 Å². The summed E-state index contributed by atoms with van der Waals surface area (Å²) in [5, 5.41) is 2.93. The molecule has 0 aliphatic heterocycles. The molecule has 3 N–H and O–H groups in total. The Morgan fingerprint density at radius 2 is 1.86 bits per heavy atom. The van der Waals surface area contributed by atoms with Crippen molar-refractivity contribution in [2.45, 2.75) is 39.2 Å². The molecule has 1 atom stereocenters. The van der Waals surface area contributed by atoms with Gasteiger partial charge in [0.1, 0.15) is 0 Å². The Kier molecular flexibility index (Phi) is 8.71. The van der Waals surface area contributed by atoms with Crippen LogP contribution >= 0.6 is 0 Å². The fraction of sp³-hybridized carbons (Fsp3) is 0.588. The van der Waals surface area contributed by atoms with Gasteiger partial charge >= 0.3 is 0 Å². The van der Waals surface area contributed by atoms with Crippen LogP contribution in [-0.4, -0.2) is 43.0 Å². The molecule has 0 spiro atoms. The number of hydrogen-bond donors (Lipinski definition) is 2. The number of benzene rings is 1. The second-order valence-electron chi connectivity index (χ2n) is 5.32. The third-order valence-corrected chi connectivity index (χ3v) is 3.73. The van der Waals surface area contributed by atoms with Crippen molar-refractivity contribution in [2.24, 2.45) is 5.73 Å². The van der Waals surface area contributed by atoms with Gasteiger partial charge in [-0.25, -0.2) is 0 Å². The van der Waals surface area contributed by atoms with E-state index in [4.69, 9.17) is 5.73 Å². The zero-order chi connectivity index (χ0) is 15.5. The zero-order valence-electron chi connectivity index (χ0n) is 13.3. The number of nitrogens with one attached hydrogen (secondary N) is 1. The number of amides is 1. The van der Waals surface area contributed by atoms with Crippen LogP contribution < -0.4 is 11.1 Å². The summed E-state index contributed by atoms with van der Waals surface area (Å²) < 4.78 is 0. The molecule has 118 valence electrons. The molecule has 0 aromatic heterocycles. The summed E-state index contributed by atoms with van der Waals surface area (Å²) in [6.45, 7) is 8.33. The Morgan fingerprint density at radius 1 is 1.19 bits per heavy atom. The largest absolute Gasteiger partial charge is 0.355 e. The Hall–Kier alpha value is -1.39. The molecular weight excluding hydrogens is 262 g/mol. The lowest BCUT2D eigenvalue weighted by atomic mass is 10.1. The quantitative estimate of drug-likeness (QED) is 0.646. The van der Waals surface area contributed by atoms with Crippen molar-refractivity contribution in [2.75, 3.05) is 26.2 Å². The highest BCUT2D eigenvalue weighted by atomic mass is 16.2. The highest BCUT2D eigenvalue weighted by Crippen LogP contribution is 2.02. The van der Waals surface area contributed by atoms with Gasteiger partial charge in [0.25, 0.3) is 0 Å². The van der Waals surface area contributed by atoms with Gasteiger partial charge in [0.05, 0.1) is 6.04 Å². The van der Waals surface area contributed by atoms with Crippen LogP contribution in [0.2, 0.25) is 0 Å². The third kappa shape index (κ3) is 7.25. The van der Waals surface area contributed by atoms with Gasteiger partial charge in [-0.1, -0.05) is 44.2 Å². The van der Waals surface area contributed by atoms with Gasteiger partial charge in [-0.15, -0.1) is 0 Å². The van der Waals surface area contributed by atoms with E-state index in [1.807, 2.05) is 30.3 Å². The average Bonchev–Trinajstić information content (AvgIpc) is 2.51. The molecule has 0 saturated carbocycles. The summed E-state index contributed by atoms with van der Waals surface area (Å²) in [5.74, 6) is -0.0540. The van der Waals surface area contributed by atoms with Crippen molar-refractivity contribution in [3.63, 3.8) is 0 Å². The number of rotatable bonds is 10. The maximum Gasteiger partial charge on any atom is 0.237 e. The van der Waals surface area contributed by atoms with E-state index in [-0.39, 0.29) is 5.91 Å². The summed E-state index contributed by atoms with van der Waals surface area (Å²) in [4.78, 5) is 14.3. The minimum absolute atomic E-state index is 0.0540. The Labute approximate surface area is 128 Å². The van der Waals surface area contributed by atoms with Crippen molar-refractivity contribution in [3.8, 4) is 0 Å². The summed E-state index contributed by atoms with van der Waals surface area (Å²) in [7, 11) is 0. The van der Waals surface area contributed by atoms with E-state index >= 15 is 0 Å². The first-order valence-corrected chi connectivity index (χ1v) is 7.97. The lowest BCUT2D eigenvalue weighted by Crippen LogP contribution is -2.42. The molecule has 0 aliphatic carbocycles. The molecule has 21 heavy (non-hydrogen) atoms. The van der Waals surface area contributed by atoms with Crippen LogP contribution in [-0.2, 0) is 11.2 Å². The number of nitrogens with two attached hydrogens (primary N) is 1. The fourth-order valence-electron chi connectivity index (χ4n) is 2.30. The van der Waals surface area contributed by atoms with Crippen LogP contribution in [0.15, 0.2) is 30.3 Å².